The Morgan fingerprint density at radius 1 is 1.19 bits per heavy atom. The number of nitro benzene ring substituents is 1. The van der Waals surface area contributed by atoms with Crippen LogP contribution < -0.4 is 14.3 Å². The smallest absolute Gasteiger partial charge is 0.311 e. The number of aromatic hydroxyl groups is 1. The number of aryl methyl sites for hydroxylation is 1. The fourth-order valence-corrected chi connectivity index (χ4v) is 6.61. The van der Waals surface area contributed by atoms with Gasteiger partial charge in [0.2, 0.25) is 0 Å². The van der Waals surface area contributed by atoms with Gasteiger partial charge in [0.1, 0.15) is 0 Å². The molecule has 14 heteroatoms. The molecule has 0 fully saturated rings. The molecule has 1 unspecified atom stereocenters. The number of nitrogens with one attached hydrogen (secondary N) is 1. The number of amides is 1. The number of anilines is 1. The van der Waals surface area contributed by atoms with E-state index in [1.807, 2.05) is 19.9 Å². The molecule has 3 aromatic carbocycles. The van der Waals surface area contributed by atoms with Gasteiger partial charge in [0, 0.05) is 23.7 Å². The summed E-state index contributed by atoms with van der Waals surface area (Å²) in [6.07, 6.45) is -0.254. The van der Waals surface area contributed by atoms with Crippen LogP contribution in [0.25, 0.3) is 11.1 Å². The Balaban J connectivity index is 1.44. The van der Waals surface area contributed by atoms with Crippen molar-refractivity contribution in [2.75, 3.05) is 17.4 Å². The molecule has 0 saturated carbocycles. The van der Waals surface area contributed by atoms with Crippen LogP contribution in [-0.2, 0) is 16.4 Å². The van der Waals surface area contributed by atoms with Crippen molar-refractivity contribution in [2.45, 2.75) is 44.6 Å². The molecule has 4 rings (SSSR count). The SMILES string of the molecule is Cc1c(C(=O)NCC(O)CCc2cccc(N(CC(C)C)S(=O)(=O)c3ccc4nc([As])oc4c3)c2)ccc([N+](=O)[O-])c1O. The van der Waals surface area contributed by atoms with Gasteiger partial charge in [-0.25, -0.2) is 0 Å². The number of nitro groups is 1. The van der Waals surface area contributed by atoms with Gasteiger partial charge in [-0.15, -0.1) is 0 Å². The van der Waals surface area contributed by atoms with Crippen molar-refractivity contribution >= 4 is 59.9 Å². The first kappa shape index (κ1) is 32.0. The molecule has 3 N–H and O–H groups in total. The van der Waals surface area contributed by atoms with E-state index in [2.05, 4.69) is 27.2 Å². The van der Waals surface area contributed by atoms with Gasteiger partial charge < -0.3 is 15.5 Å². The van der Waals surface area contributed by atoms with E-state index in [1.165, 1.54) is 29.4 Å². The minimum absolute atomic E-state index is 0.0266. The molecule has 0 aliphatic carbocycles. The number of phenolic OH excluding ortho intramolecular Hbond substituents is 1. The summed E-state index contributed by atoms with van der Waals surface area (Å²) in [7, 11) is -3.95. The van der Waals surface area contributed by atoms with Crippen molar-refractivity contribution in [3.05, 3.63) is 81.4 Å². The van der Waals surface area contributed by atoms with Crippen LogP contribution in [0.3, 0.4) is 0 Å². The molecule has 0 saturated heterocycles. The number of hydrogen-bond donors (Lipinski definition) is 3. The molecule has 2 radical (unpaired) electrons. The van der Waals surface area contributed by atoms with Crippen LogP contribution in [0.5, 0.6) is 5.75 Å². The van der Waals surface area contributed by atoms with Gasteiger partial charge in [-0.05, 0) is 13.0 Å². The van der Waals surface area contributed by atoms with Crippen molar-refractivity contribution in [2.24, 2.45) is 5.92 Å². The van der Waals surface area contributed by atoms with Crippen LogP contribution in [0.2, 0.25) is 0 Å². The Hall–Kier alpha value is -3.93. The van der Waals surface area contributed by atoms with E-state index in [0.29, 0.717) is 27.9 Å². The van der Waals surface area contributed by atoms with Gasteiger partial charge in [-0.3, -0.25) is 14.9 Å². The maximum absolute atomic E-state index is 13.8. The third-order valence-corrected chi connectivity index (χ3v) is 8.97. The molecule has 1 heterocycles. The first-order valence-electron chi connectivity index (χ1n) is 13.4. The first-order chi connectivity index (χ1) is 20.3. The third kappa shape index (κ3) is 7.35. The maximum atomic E-state index is 13.8. The van der Waals surface area contributed by atoms with Gasteiger partial charge >= 0.3 is 168 Å². The number of carbonyl (C=O) groups excluding carboxylic acids is 1. The van der Waals surface area contributed by atoms with Gasteiger partial charge in [0.25, 0.3) is 5.91 Å². The fraction of sp³-hybridized carbons (Fsp3) is 0.310. The Labute approximate surface area is 257 Å². The van der Waals surface area contributed by atoms with Crippen molar-refractivity contribution in [1.82, 2.24) is 10.3 Å². The van der Waals surface area contributed by atoms with Crippen LogP contribution in [-0.4, -0.2) is 70.5 Å². The van der Waals surface area contributed by atoms with E-state index in [0.717, 1.165) is 11.6 Å². The van der Waals surface area contributed by atoms with Crippen molar-refractivity contribution in [3.8, 4) is 5.75 Å². The second-order valence-electron chi connectivity index (χ2n) is 10.5. The monoisotopic (exact) mass is 670 g/mol. The van der Waals surface area contributed by atoms with Crippen LogP contribution in [0.1, 0.15) is 41.8 Å². The zero-order valence-electron chi connectivity index (χ0n) is 23.7. The minimum atomic E-state index is -3.95. The molecule has 1 aromatic heterocycles. The molecular weight excluding hydrogens is 639 g/mol. The zero-order chi connectivity index (χ0) is 31.5. The number of phenols is 1. The number of benzene rings is 3. The molecular formula is C29H31AsN4O8S. The summed E-state index contributed by atoms with van der Waals surface area (Å²) in [5.74, 6) is -1.14. The van der Waals surface area contributed by atoms with Crippen LogP contribution >= 0.6 is 0 Å². The number of aromatic nitrogens is 1. The third-order valence-electron chi connectivity index (χ3n) is 6.78. The molecule has 0 aliphatic rings. The molecule has 0 aliphatic heterocycles. The number of fused-ring (bicyclic) bond motifs is 1. The van der Waals surface area contributed by atoms with E-state index < -0.39 is 38.4 Å². The fourth-order valence-electron chi connectivity index (χ4n) is 4.54. The summed E-state index contributed by atoms with van der Waals surface area (Å²) in [5.41, 5.74) is 1.83. The van der Waals surface area contributed by atoms with Crippen molar-refractivity contribution in [1.29, 1.82) is 0 Å². The van der Waals surface area contributed by atoms with Gasteiger partial charge in [0.15, 0.2) is 5.75 Å². The molecule has 0 bridgehead atoms. The quantitative estimate of drug-likeness (QED) is 0.116. The summed E-state index contributed by atoms with van der Waals surface area (Å²) < 4.78 is 34.8. The number of aliphatic hydroxyl groups excluding tert-OH is 1. The Bertz CT molecular complexity index is 1770. The average Bonchev–Trinajstić information content (AvgIpc) is 3.34. The Kier molecular flexibility index (Phi) is 9.78. The van der Waals surface area contributed by atoms with Gasteiger partial charge in [-0.1, -0.05) is 0 Å². The summed E-state index contributed by atoms with van der Waals surface area (Å²) in [6.45, 7) is 5.40. The standard InChI is InChI=1S/C29H31AsN4O8S/c1-17(2)16-33(43(40,41)22-9-11-24-26(14-22)42-29(30)32-24)20-6-4-5-19(13-20)7-8-21(35)15-31-28(37)23-10-12-25(34(38)39)27(36)18(23)3/h4-6,9-14,17,21,35-36H,7-8,15-16H2,1-3H3,(H,31,37). The van der Waals surface area contributed by atoms with Crippen LogP contribution in [0, 0.1) is 23.0 Å². The second kappa shape index (κ2) is 13.2. The number of carbonyl (C=O) groups is 1. The molecule has 1 atom stereocenters. The summed E-state index contributed by atoms with van der Waals surface area (Å²) in [5, 5.41) is 34.1. The van der Waals surface area contributed by atoms with Crippen molar-refractivity contribution < 1.29 is 32.8 Å². The first-order valence-corrected chi connectivity index (χ1v) is 15.8. The summed E-state index contributed by atoms with van der Waals surface area (Å²) >= 11 is 2.19. The topological polar surface area (TPSA) is 176 Å². The molecule has 43 heavy (non-hydrogen) atoms. The van der Waals surface area contributed by atoms with Crippen molar-refractivity contribution in [3.63, 3.8) is 0 Å². The Morgan fingerprint density at radius 2 is 1.93 bits per heavy atom. The van der Waals surface area contributed by atoms with E-state index in [9.17, 15) is 33.5 Å². The maximum Gasteiger partial charge on any atom is 0.311 e. The Morgan fingerprint density at radius 3 is 2.63 bits per heavy atom. The van der Waals surface area contributed by atoms with E-state index >= 15 is 0 Å². The van der Waals surface area contributed by atoms with Crippen LogP contribution in [0.4, 0.5) is 11.4 Å². The summed E-state index contributed by atoms with van der Waals surface area (Å²) in [6, 6.07) is 14.0. The number of aliphatic hydroxyl groups is 1. The van der Waals surface area contributed by atoms with Gasteiger partial charge in [0.05, 0.1) is 11.0 Å². The number of oxazole rings is 1. The largest absolute Gasteiger partial charge is 0.502 e. The number of rotatable bonds is 12. The number of hydrogen-bond acceptors (Lipinski definition) is 9. The summed E-state index contributed by atoms with van der Waals surface area (Å²) in [4.78, 5) is 27.1. The molecule has 226 valence electrons. The predicted molar refractivity (Wildman–Crippen MR) is 161 cm³/mol. The predicted octanol–water partition coefficient (Wildman–Crippen LogP) is 3.12. The number of nitrogens with zero attached hydrogens (tertiary/aromatic N) is 3. The van der Waals surface area contributed by atoms with Gasteiger partial charge in [-0.2, -0.15) is 0 Å². The van der Waals surface area contributed by atoms with E-state index in [4.69, 9.17) is 4.42 Å². The molecule has 0 spiro atoms. The normalized spacial score (nSPS) is 12.4. The number of sulfonamides is 1. The van der Waals surface area contributed by atoms with E-state index in [1.54, 1.807) is 24.3 Å². The molecule has 1 amide bonds. The van der Waals surface area contributed by atoms with E-state index in [-0.39, 0.29) is 41.5 Å². The average molecular weight is 671 g/mol. The second-order valence-corrected chi connectivity index (χ2v) is 13.2. The molecule has 4 aromatic rings. The molecule has 12 nitrogen and oxygen atoms in total. The van der Waals surface area contributed by atoms with Crippen LogP contribution in [0.15, 0.2) is 63.9 Å². The zero-order valence-corrected chi connectivity index (χ0v) is 26.4. The minimum Gasteiger partial charge on any atom is -0.502 e.